The number of nitrogens with one attached hydrogen (secondary N) is 3. The number of alkyl halides is 3. The molecule has 3 N–H and O–H groups in total. The first-order chi connectivity index (χ1) is 15.7. The van der Waals surface area contributed by atoms with E-state index in [4.69, 9.17) is 4.74 Å². The van der Waals surface area contributed by atoms with Crippen LogP contribution in [0.5, 0.6) is 0 Å². The van der Waals surface area contributed by atoms with Crippen molar-refractivity contribution in [3.05, 3.63) is 65.7 Å². The molecule has 0 aromatic heterocycles. The maximum atomic E-state index is 12.7. The maximum absolute atomic E-state index is 12.7. The average Bonchev–Trinajstić information content (AvgIpc) is 2.79. The highest BCUT2D eigenvalue weighted by Crippen LogP contribution is 2.17. The van der Waals surface area contributed by atoms with Crippen molar-refractivity contribution in [2.24, 2.45) is 0 Å². The van der Waals surface area contributed by atoms with E-state index in [1.807, 2.05) is 18.2 Å². The minimum atomic E-state index is -5.08. The molecule has 0 saturated carbocycles. The zero-order chi connectivity index (χ0) is 23.8. The molecule has 1 saturated heterocycles. The number of anilines is 1. The predicted octanol–water partition coefficient (Wildman–Crippen LogP) is 2.41. The van der Waals surface area contributed by atoms with Crippen molar-refractivity contribution in [2.45, 2.75) is 25.1 Å². The first-order valence-corrected chi connectivity index (χ1v) is 10.2. The van der Waals surface area contributed by atoms with Crippen LogP contribution in [0, 0.1) is 0 Å². The van der Waals surface area contributed by atoms with E-state index in [2.05, 4.69) is 5.32 Å². The van der Waals surface area contributed by atoms with Crippen molar-refractivity contribution in [1.29, 1.82) is 0 Å². The molecule has 2 aromatic carbocycles. The quantitative estimate of drug-likeness (QED) is 0.592. The summed E-state index contributed by atoms with van der Waals surface area (Å²) in [6, 6.07) is 15.6. The lowest BCUT2D eigenvalue weighted by molar-refractivity contribution is -0.175. The van der Waals surface area contributed by atoms with E-state index in [0.29, 0.717) is 37.4 Å². The van der Waals surface area contributed by atoms with E-state index in [-0.39, 0.29) is 18.5 Å². The van der Waals surface area contributed by atoms with Gasteiger partial charge in [-0.05, 0) is 29.7 Å². The molecule has 0 radical (unpaired) electrons. The normalized spacial score (nSPS) is 16.1. The monoisotopic (exact) mass is 464 g/mol. The Kier molecular flexibility index (Phi) is 7.88. The fourth-order valence-electron chi connectivity index (χ4n) is 3.30. The van der Waals surface area contributed by atoms with Gasteiger partial charge in [-0.3, -0.25) is 20.4 Å². The summed E-state index contributed by atoms with van der Waals surface area (Å²) in [5, 5.41) is 2.87. The molecule has 0 bridgehead atoms. The summed E-state index contributed by atoms with van der Waals surface area (Å²) in [7, 11) is 0. The van der Waals surface area contributed by atoms with Crippen molar-refractivity contribution >= 4 is 23.5 Å². The molecule has 1 aliphatic rings. The number of morpholine rings is 1. The molecule has 2 aromatic rings. The number of amides is 4. The number of rotatable bonds is 5. The summed E-state index contributed by atoms with van der Waals surface area (Å²) in [6.45, 7) is 1.27. The summed E-state index contributed by atoms with van der Waals surface area (Å²) in [5.74, 6) is -3.04. The van der Waals surface area contributed by atoms with Gasteiger partial charge in [-0.25, -0.2) is 4.79 Å². The molecule has 176 valence electrons. The van der Waals surface area contributed by atoms with E-state index in [1.54, 1.807) is 46.7 Å². The van der Waals surface area contributed by atoms with Gasteiger partial charge in [0.2, 0.25) is 5.91 Å². The van der Waals surface area contributed by atoms with Crippen LogP contribution in [0.1, 0.15) is 11.1 Å². The van der Waals surface area contributed by atoms with Crippen molar-refractivity contribution in [3.63, 3.8) is 0 Å². The third-order valence-electron chi connectivity index (χ3n) is 4.95. The molecule has 1 heterocycles. The first kappa shape index (κ1) is 24.1. The third-order valence-corrected chi connectivity index (χ3v) is 4.95. The number of hydrazine groups is 1. The predicted molar refractivity (Wildman–Crippen MR) is 113 cm³/mol. The lowest BCUT2D eigenvalue weighted by atomic mass is 10.0. The van der Waals surface area contributed by atoms with Crippen LogP contribution in [-0.4, -0.2) is 54.7 Å². The van der Waals surface area contributed by atoms with Gasteiger partial charge in [0.25, 0.3) is 0 Å². The lowest BCUT2D eigenvalue weighted by Crippen LogP contribution is -2.51. The van der Waals surface area contributed by atoms with Crippen LogP contribution in [0.4, 0.5) is 23.7 Å². The van der Waals surface area contributed by atoms with Gasteiger partial charge in [0.15, 0.2) is 0 Å². The Morgan fingerprint density at radius 1 is 0.970 bits per heavy atom. The zero-order valence-corrected chi connectivity index (χ0v) is 17.5. The van der Waals surface area contributed by atoms with Gasteiger partial charge in [0.1, 0.15) is 0 Å². The van der Waals surface area contributed by atoms with Crippen LogP contribution >= 0.6 is 0 Å². The molecule has 0 spiro atoms. The number of hydrogen-bond donors (Lipinski definition) is 3. The molecule has 0 aliphatic carbocycles. The number of carbonyl (C=O) groups excluding carboxylic acids is 3. The largest absolute Gasteiger partial charge is 0.472 e. The minimum absolute atomic E-state index is 0.186. The van der Waals surface area contributed by atoms with Crippen LogP contribution in [0.3, 0.4) is 0 Å². The molecule has 11 heteroatoms. The highest BCUT2D eigenvalue weighted by Gasteiger charge is 2.38. The van der Waals surface area contributed by atoms with Gasteiger partial charge in [0, 0.05) is 12.2 Å². The second kappa shape index (κ2) is 10.8. The number of nitrogens with zero attached hydrogens (tertiary/aromatic N) is 1. The molecule has 33 heavy (non-hydrogen) atoms. The number of para-hydroxylation sites is 1. The van der Waals surface area contributed by atoms with E-state index >= 15 is 0 Å². The summed E-state index contributed by atoms with van der Waals surface area (Å²) >= 11 is 0. The van der Waals surface area contributed by atoms with Gasteiger partial charge in [0.05, 0.1) is 25.7 Å². The molecule has 8 nitrogen and oxygen atoms in total. The highest BCUT2D eigenvalue weighted by molar-refractivity contribution is 5.89. The summed E-state index contributed by atoms with van der Waals surface area (Å²) in [4.78, 5) is 36.9. The fourth-order valence-corrected chi connectivity index (χ4v) is 3.30. The van der Waals surface area contributed by atoms with Crippen molar-refractivity contribution < 1.29 is 32.3 Å². The number of benzene rings is 2. The standard InChI is InChI=1S/C22H23F3N4O4/c23-22(24,25)20(31)28-27-19(30)13-16-8-6-15(7-9-16)12-18-14-33-11-10-29(18)21(32)26-17-4-2-1-3-5-17/h1-9,18H,10-14H2,(H,26,32)(H,27,30)(H,28,31). The van der Waals surface area contributed by atoms with Crippen molar-refractivity contribution in [1.82, 2.24) is 15.8 Å². The molecule has 1 unspecified atom stereocenters. The molecule has 4 amide bonds. The SMILES string of the molecule is O=C(Cc1ccc(CC2COCCN2C(=O)Nc2ccccc2)cc1)NNC(=O)C(F)(F)F. The van der Waals surface area contributed by atoms with Crippen LogP contribution in [0.25, 0.3) is 0 Å². The van der Waals surface area contributed by atoms with E-state index in [1.165, 1.54) is 5.43 Å². The van der Waals surface area contributed by atoms with E-state index < -0.39 is 18.0 Å². The number of halogens is 3. The van der Waals surface area contributed by atoms with Gasteiger partial charge in [-0.15, -0.1) is 0 Å². The summed E-state index contributed by atoms with van der Waals surface area (Å²) < 4.78 is 42.0. The van der Waals surface area contributed by atoms with E-state index in [9.17, 15) is 27.6 Å². The second-order valence-corrected chi connectivity index (χ2v) is 7.42. The topological polar surface area (TPSA) is 99.8 Å². The lowest BCUT2D eigenvalue weighted by Gasteiger charge is -2.35. The Balaban J connectivity index is 1.53. The summed E-state index contributed by atoms with van der Waals surface area (Å²) in [6.07, 6.45) is -4.77. The first-order valence-electron chi connectivity index (χ1n) is 10.2. The minimum Gasteiger partial charge on any atom is -0.377 e. The van der Waals surface area contributed by atoms with Gasteiger partial charge in [-0.1, -0.05) is 42.5 Å². The molecular weight excluding hydrogens is 441 g/mol. The van der Waals surface area contributed by atoms with Gasteiger partial charge >= 0.3 is 18.1 Å². The Morgan fingerprint density at radius 2 is 1.64 bits per heavy atom. The molecule has 1 atom stereocenters. The second-order valence-electron chi connectivity index (χ2n) is 7.42. The van der Waals surface area contributed by atoms with Crippen molar-refractivity contribution in [2.75, 3.05) is 25.1 Å². The van der Waals surface area contributed by atoms with Crippen LogP contribution in [0.2, 0.25) is 0 Å². The molecule has 3 rings (SSSR count). The Bertz CT molecular complexity index is 968. The Hall–Kier alpha value is -3.60. The van der Waals surface area contributed by atoms with Crippen LogP contribution in [-0.2, 0) is 27.2 Å². The van der Waals surface area contributed by atoms with E-state index in [0.717, 1.165) is 5.56 Å². The Morgan fingerprint density at radius 3 is 2.30 bits per heavy atom. The molecule has 1 fully saturated rings. The third kappa shape index (κ3) is 7.21. The van der Waals surface area contributed by atoms with Gasteiger partial charge < -0.3 is 15.0 Å². The number of urea groups is 1. The zero-order valence-electron chi connectivity index (χ0n) is 17.5. The summed E-state index contributed by atoms with van der Waals surface area (Å²) in [5.41, 5.74) is 5.20. The van der Waals surface area contributed by atoms with Crippen molar-refractivity contribution in [3.8, 4) is 0 Å². The van der Waals surface area contributed by atoms with Crippen LogP contribution in [0.15, 0.2) is 54.6 Å². The highest BCUT2D eigenvalue weighted by atomic mass is 19.4. The molecule has 1 aliphatic heterocycles. The number of hydrogen-bond acceptors (Lipinski definition) is 4. The Labute approximate surface area is 188 Å². The maximum Gasteiger partial charge on any atom is 0.472 e. The number of carbonyl (C=O) groups is 3. The number of ether oxygens (including phenoxy) is 1. The fraction of sp³-hybridized carbons (Fsp3) is 0.318. The average molecular weight is 464 g/mol. The van der Waals surface area contributed by atoms with Gasteiger partial charge in [-0.2, -0.15) is 13.2 Å². The molecular formula is C22H23F3N4O4. The van der Waals surface area contributed by atoms with Crippen LogP contribution < -0.4 is 16.2 Å². The smallest absolute Gasteiger partial charge is 0.377 e.